The number of carbonyl (C=O) groups is 1. The zero-order valence-electron chi connectivity index (χ0n) is 11.4. The highest BCUT2D eigenvalue weighted by atomic mass is 19.4. The SMILES string of the molecule is CC(C)C(Oc1ccc(C#N)cc1C(F)(F)F)C(=O)NN. The van der Waals surface area contributed by atoms with E-state index in [-0.39, 0.29) is 5.56 Å². The molecule has 1 atom stereocenters. The lowest BCUT2D eigenvalue weighted by Gasteiger charge is -2.23. The predicted molar refractivity (Wildman–Crippen MR) is 67.7 cm³/mol. The van der Waals surface area contributed by atoms with Crippen molar-refractivity contribution in [2.24, 2.45) is 11.8 Å². The number of nitrogens with two attached hydrogens (primary N) is 1. The molecule has 1 unspecified atom stereocenters. The van der Waals surface area contributed by atoms with Crippen molar-refractivity contribution in [3.8, 4) is 11.8 Å². The summed E-state index contributed by atoms with van der Waals surface area (Å²) in [6, 6.07) is 4.49. The minimum atomic E-state index is -4.71. The minimum Gasteiger partial charge on any atom is -0.480 e. The van der Waals surface area contributed by atoms with Crippen molar-refractivity contribution in [3.05, 3.63) is 29.3 Å². The molecule has 0 aliphatic carbocycles. The van der Waals surface area contributed by atoms with Crippen molar-refractivity contribution >= 4 is 5.91 Å². The second kappa shape index (κ2) is 6.45. The Morgan fingerprint density at radius 2 is 2.05 bits per heavy atom. The summed E-state index contributed by atoms with van der Waals surface area (Å²) < 4.78 is 44.1. The summed E-state index contributed by atoms with van der Waals surface area (Å²) in [7, 11) is 0. The van der Waals surface area contributed by atoms with E-state index < -0.39 is 35.4 Å². The molecule has 0 saturated heterocycles. The fourth-order valence-corrected chi connectivity index (χ4v) is 1.64. The zero-order chi connectivity index (χ0) is 16.2. The molecule has 1 aromatic carbocycles. The molecule has 0 spiro atoms. The zero-order valence-corrected chi connectivity index (χ0v) is 11.4. The van der Waals surface area contributed by atoms with Gasteiger partial charge in [0.1, 0.15) is 5.75 Å². The molecule has 0 aliphatic heterocycles. The number of hydrogen-bond donors (Lipinski definition) is 2. The van der Waals surface area contributed by atoms with E-state index in [1.54, 1.807) is 19.9 Å². The maximum atomic E-state index is 13.0. The first-order valence-corrected chi connectivity index (χ1v) is 5.99. The molecule has 1 aromatic rings. The van der Waals surface area contributed by atoms with Gasteiger partial charge in [0.15, 0.2) is 6.10 Å². The van der Waals surface area contributed by atoms with Gasteiger partial charge in [0.25, 0.3) is 5.91 Å². The topological polar surface area (TPSA) is 88.1 Å². The monoisotopic (exact) mass is 301 g/mol. The number of nitrogens with zero attached hydrogens (tertiary/aromatic N) is 1. The number of alkyl halides is 3. The first kappa shape index (κ1) is 16.8. The van der Waals surface area contributed by atoms with E-state index >= 15 is 0 Å². The number of hydrazine groups is 1. The van der Waals surface area contributed by atoms with Gasteiger partial charge in [-0.15, -0.1) is 0 Å². The normalized spacial score (nSPS) is 12.7. The van der Waals surface area contributed by atoms with Crippen LogP contribution in [0.25, 0.3) is 0 Å². The Labute approximate surface area is 119 Å². The maximum Gasteiger partial charge on any atom is 0.420 e. The van der Waals surface area contributed by atoms with Crippen molar-refractivity contribution in [1.82, 2.24) is 5.43 Å². The van der Waals surface area contributed by atoms with Crippen LogP contribution in [-0.4, -0.2) is 12.0 Å². The summed E-state index contributed by atoms with van der Waals surface area (Å²) in [6.45, 7) is 3.22. The predicted octanol–water partition coefficient (Wildman–Crippen LogP) is 1.97. The van der Waals surface area contributed by atoms with E-state index in [0.717, 1.165) is 6.07 Å². The fourth-order valence-electron chi connectivity index (χ4n) is 1.64. The summed E-state index contributed by atoms with van der Waals surface area (Å²) in [5.41, 5.74) is 0.582. The average molecular weight is 301 g/mol. The lowest BCUT2D eigenvalue weighted by Crippen LogP contribution is -2.45. The standard InChI is InChI=1S/C13H14F3N3O2/c1-7(2)11(12(20)19-18)21-10-4-3-8(6-17)5-9(10)13(14,15)16/h3-5,7,11H,18H2,1-2H3,(H,19,20). The second-order valence-corrected chi connectivity index (χ2v) is 4.61. The van der Waals surface area contributed by atoms with Gasteiger partial charge in [-0.2, -0.15) is 18.4 Å². The molecule has 0 fully saturated rings. The number of ether oxygens (including phenoxy) is 1. The number of carbonyl (C=O) groups excluding carboxylic acids is 1. The Balaban J connectivity index is 3.24. The smallest absolute Gasteiger partial charge is 0.420 e. The van der Waals surface area contributed by atoms with Gasteiger partial charge in [-0.1, -0.05) is 13.8 Å². The third-order valence-corrected chi connectivity index (χ3v) is 2.67. The molecule has 8 heteroatoms. The van der Waals surface area contributed by atoms with E-state index in [1.165, 1.54) is 6.07 Å². The Bertz CT molecular complexity index is 565. The maximum absolute atomic E-state index is 13.0. The van der Waals surface area contributed by atoms with Crippen molar-refractivity contribution in [1.29, 1.82) is 5.26 Å². The fraction of sp³-hybridized carbons (Fsp3) is 0.385. The number of rotatable bonds is 4. The molecule has 3 N–H and O–H groups in total. The Morgan fingerprint density at radius 3 is 2.48 bits per heavy atom. The largest absolute Gasteiger partial charge is 0.480 e. The van der Waals surface area contributed by atoms with E-state index in [4.69, 9.17) is 15.8 Å². The highest BCUT2D eigenvalue weighted by Crippen LogP contribution is 2.37. The van der Waals surface area contributed by atoms with E-state index in [9.17, 15) is 18.0 Å². The second-order valence-electron chi connectivity index (χ2n) is 4.61. The summed E-state index contributed by atoms with van der Waals surface area (Å²) in [6.07, 6.45) is -5.88. The van der Waals surface area contributed by atoms with Gasteiger partial charge in [-0.3, -0.25) is 10.2 Å². The van der Waals surface area contributed by atoms with E-state index in [0.29, 0.717) is 6.07 Å². The van der Waals surface area contributed by atoms with Gasteiger partial charge in [0.2, 0.25) is 0 Å². The molecule has 5 nitrogen and oxygen atoms in total. The number of nitrogens with one attached hydrogen (secondary N) is 1. The van der Waals surface area contributed by atoms with Crippen LogP contribution in [0.5, 0.6) is 5.75 Å². The third-order valence-electron chi connectivity index (χ3n) is 2.67. The van der Waals surface area contributed by atoms with Crippen LogP contribution in [0.2, 0.25) is 0 Å². The van der Waals surface area contributed by atoms with Crippen molar-refractivity contribution in [2.75, 3.05) is 0 Å². The Kier molecular flexibility index (Phi) is 5.16. The number of halogens is 3. The van der Waals surface area contributed by atoms with Gasteiger partial charge >= 0.3 is 6.18 Å². The molecular weight excluding hydrogens is 287 g/mol. The van der Waals surface area contributed by atoms with Gasteiger partial charge in [-0.25, -0.2) is 5.84 Å². The van der Waals surface area contributed by atoms with E-state index in [2.05, 4.69) is 0 Å². The molecule has 1 amide bonds. The molecule has 0 bridgehead atoms. The molecule has 114 valence electrons. The van der Waals surface area contributed by atoms with Crippen LogP contribution in [-0.2, 0) is 11.0 Å². The molecule has 0 aromatic heterocycles. The van der Waals surface area contributed by atoms with Crippen molar-refractivity contribution in [3.63, 3.8) is 0 Å². The average Bonchev–Trinajstić information content (AvgIpc) is 2.42. The van der Waals surface area contributed by atoms with Gasteiger partial charge in [-0.05, 0) is 24.1 Å². The highest BCUT2D eigenvalue weighted by Gasteiger charge is 2.36. The summed E-state index contributed by atoms with van der Waals surface area (Å²) in [5.74, 6) is 3.33. The minimum absolute atomic E-state index is 0.154. The first-order valence-electron chi connectivity index (χ1n) is 5.99. The Hall–Kier alpha value is -2.27. The van der Waals surface area contributed by atoms with Crippen LogP contribution >= 0.6 is 0 Å². The molecule has 0 radical (unpaired) electrons. The molecule has 21 heavy (non-hydrogen) atoms. The highest BCUT2D eigenvalue weighted by molar-refractivity contribution is 5.80. The number of amides is 1. The van der Waals surface area contributed by atoms with Crippen molar-refractivity contribution < 1.29 is 22.7 Å². The summed E-state index contributed by atoms with van der Waals surface area (Å²) in [5, 5.41) is 8.68. The van der Waals surface area contributed by atoms with Crippen LogP contribution in [0.3, 0.4) is 0 Å². The lowest BCUT2D eigenvalue weighted by atomic mass is 10.1. The quantitative estimate of drug-likeness (QED) is 0.505. The van der Waals surface area contributed by atoms with Gasteiger partial charge < -0.3 is 4.74 Å². The Morgan fingerprint density at radius 1 is 1.43 bits per heavy atom. The molecule has 0 heterocycles. The van der Waals surface area contributed by atoms with Crippen LogP contribution < -0.4 is 16.0 Å². The molecular formula is C13H14F3N3O2. The number of benzene rings is 1. The van der Waals surface area contributed by atoms with Gasteiger partial charge in [0, 0.05) is 0 Å². The van der Waals surface area contributed by atoms with Crippen LogP contribution in [0.15, 0.2) is 18.2 Å². The van der Waals surface area contributed by atoms with Crippen LogP contribution in [0.4, 0.5) is 13.2 Å². The van der Waals surface area contributed by atoms with Crippen LogP contribution in [0.1, 0.15) is 25.0 Å². The number of hydrogen-bond acceptors (Lipinski definition) is 4. The third kappa shape index (κ3) is 4.10. The number of nitriles is 1. The summed E-state index contributed by atoms with van der Waals surface area (Å²) >= 11 is 0. The van der Waals surface area contributed by atoms with Crippen molar-refractivity contribution in [2.45, 2.75) is 26.1 Å². The lowest BCUT2D eigenvalue weighted by molar-refractivity contribution is -0.141. The van der Waals surface area contributed by atoms with Gasteiger partial charge in [0.05, 0.1) is 17.2 Å². The first-order chi connectivity index (χ1) is 9.70. The molecule has 1 rings (SSSR count). The molecule has 0 saturated carbocycles. The molecule has 0 aliphatic rings. The van der Waals surface area contributed by atoms with Crippen LogP contribution in [0, 0.1) is 17.2 Å². The van der Waals surface area contributed by atoms with E-state index in [1.807, 2.05) is 5.43 Å². The summed E-state index contributed by atoms with van der Waals surface area (Å²) in [4.78, 5) is 11.5.